The number of sulfone groups is 1. The fraction of sp³-hybridized carbons (Fsp3) is 0.650. The summed E-state index contributed by atoms with van der Waals surface area (Å²) in [5.74, 6) is 0.778. The highest BCUT2D eigenvalue weighted by atomic mass is 127. The summed E-state index contributed by atoms with van der Waals surface area (Å²) in [6, 6.07) is 4.69. The molecule has 2 rings (SSSR count). The van der Waals surface area contributed by atoms with Gasteiger partial charge in [-0.3, -0.25) is 9.89 Å². The number of halogens is 2. The molecular formula is C20H34FIN4O2S. The molecule has 1 aliphatic heterocycles. The molecule has 1 fully saturated rings. The topological polar surface area (TPSA) is 73.8 Å². The van der Waals surface area contributed by atoms with Crippen LogP contribution in [0.15, 0.2) is 23.2 Å². The van der Waals surface area contributed by atoms with Gasteiger partial charge < -0.3 is 10.6 Å². The van der Waals surface area contributed by atoms with E-state index < -0.39 is 9.84 Å². The second-order valence-corrected chi connectivity index (χ2v) is 10.1. The molecule has 0 amide bonds. The van der Waals surface area contributed by atoms with E-state index in [0.717, 1.165) is 19.6 Å². The summed E-state index contributed by atoms with van der Waals surface area (Å²) in [7, 11) is -1.50. The molecule has 2 N–H and O–H groups in total. The zero-order valence-corrected chi connectivity index (χ0v) is 20.9. The average Bonchev–Trinajstić information content (AvgIpc) is 3.02. The van der Waals surface area contributed by atoms with Gasteiger partial charge in [-0.1, -0.05) is 19.9 Å². The zero-order chi connectivity index (χ0) is 20.7. The maximum atomic E-state index is 13.7. The van der Waals surface area contributed by atoms with Crippen LogP contribution in [0.25, 0.3) is 0 Å². The Morgan fingerprint density at radius 1 is 1.31 bits per heavy atom. The maximum Gasteiger partial charge on any atom is 0.191 e. The first kappa shape index (κ1) is 26.1. The van der Waals surface area contributed by atoms with Crippen molar-refractivity contribution in [2.24, 2.45) is 10.9 Å². The van der Waals surface area contributed by atoms with Crippen molar-refractivity contribution in [1.29, 1.82) is 0 Å². The molecule has 29 heavy (non-hydrogen) atoms. The van der Waals surface area contributed by atoms with Crippen LogP contribution < -0.4 is 10.6 Å². The van der Waals surface area contributed by atoms with Crippen LogP contribution in [0, 0.1) is 11.7 Å². The Morgan fingerprint density at radius 3 is 2.66 bits per heavy atom. The summed E-state index contributed by atoms with van der Waals surface area (Å²) in [6.45, 7) is 7.80. The highest BCUT2D eigenvalue weighted by molar-refractivity contribution is 14.0. The highest BCUT2D eigenvalue weighted by Gasteiger charge is 2.24. The molecule has 0 bridgehead atoms. The number of likely N-dealkylation sites (tertiary alicyclic amines) is 1. The number of nitrogens with zero attached hydrogens (tertiary/aromatic N) is 2. The van der Waals surface area contributed by atoms with Gasteiger partial charge in [0.2, 0.25) is 0 Å². The van der Waals surface area contributed by atoms with Gasteiger partial charge in [0.05, 0.1) is 5.75 Å². The lowest BCUT2D eigenvalue weighted by atomic mass is 10.1. The first-order valence-electron chi connectivity index (χ1n) is 9.81. The molecule has 1 aromatic rings. The number of nitrogens with one attached hydrogen (secondary N) is 2. The third-order valence-corrected chi connectivity index (χ3v) is 5.70. The molecule has 6 nitrogen and oxygen atoms in total. The Hall–Kier alpha value is -0.940. The van der Waals surface area contributed by atoms with Crippen molar-refractivity contribution in [2.75, 3.05) is 32.9 Å². The minimum atomic E-state index is -3.20. The third kappa shape index (κ3) is 9.17. The minimum absolute atomic E-state index is 0. The SMILES string of the molecule is CN=C(NCc1cc(F)ccc1CS(C)(=O)=O)NC[C@H]1CCCN1CC(C)C.I. The zero-order valence-electron chi connectivity index (χ0n) is 17.7. The van der Waals surface area contributed by atoms with Crippen LogP contribution in [0.3, 0.4) is 0 Å². The molecule has 1 heterocycles. The smallest absolute Gasteiger partial charge is 0.191 e. The third-order valence-electron chi connectivity index (χ3n) is 4.86. The van der Waals surface area contributed by atoms with Gasteiger partial charge in [-0.2, -0.15) is 0 Å². The molecule has 1 aromatic carbocycles. The Kier molecular flexibility index (Phi) is 10.8. The van der Waals surface area contributed by atoms with Crippen molar-refractivity contribution in [3.63, 3.8) is 0 Å². The molecule has 1 aliphatic rings. The van der Waals surface area contributed by atoms with E-state index in [1.54, 1.807) is 7.05 Å². The highest BCUT2D eigenvalue weighted by Crippen LogP contribution is 2.18. The molecule has 0 saturated carbocycles. The Balaban J connectivity index is 0.00000420. The van der Waals surface area contributed by atoms with Crippen LogP contribution in [0.4, 0.5) is 4.39 Å². The first-order chi connectivity index (χ1) is 13.2. The summed E-state index contributed by atoms with van der Waals surface area (Å²) in [6.07, 6.45) is 3.56. The standard InChI is InChI=1S/C20H33FN4O2S.HI/c1-15(2)13-25-9-5-6-19(25)12-24-20(22-3)23-11-17-10-18(21)8-7-16(17)14-28(4,26)27;/h7-8,10,15,19H,5-6,9,11-14H2,1-4H3,(H2,22,23,24);1H/t19-;/m1./s1. The van der Waals surface area contributed by atoms with E-state index in [2.05, 4.69) is 34.4 Å². The van der Waals surface area contributed by atoms with Crippen molar-refractivity contribution in [2.45, 2.75) is 45.0 Å². The lowest BCUT2D eigenvalue weighted by Crippen LogP contribution is -2.45. The fourth-order valence-corrected chi connectivity index (χ4v) is 4.48. The predicted octanol–water partition coefficient (Wildman–Crippen LogP) is 2.77. The monoisotopic (exact) mass is 540 g/mol. The molecule has 9 heteroatoms. The average molecular weight is 540 g/mol. The molecule has 0 spiro atoms. The number of guanidine groups is 1. The van der Waals surface area contributed by atoms with Gasteiger partial charge in [0.25, 0.3) is 0 Å². The van der Waals surface area contributed by atoms with Crippen LogP contribution >= 0.6 is 24.0 Å². The Bertz CT molecular complexity index is 787. The van der Waals surface area contributed by atoms with E-state index in [1.165, 1.54) is 37.3 Å². The molecule has 0 radical (unpaired) electrons. The number of benzene rings is 1. The number of hydrogen-bond acceptors (Lipinski definition) is 4. The van der Waals surface area contributed by atoms with Gasteiger partial charge in [0.1, 0.15) is 5.82 Å². The summed E-state index contributed by atoms with van der Waals surface area (Å²) in [5, 5.41) is 6.53. The lowest BCUT2D eigenvalue weighted by Gasteiger charge is -2.27. The van der Waals surface area contributed by atoms with Crippen molar-refractivity contribution < 1.29 is 12.8 Å². The van der Waals surface area contributed by atoms with Crippen molar-refractivity contribution in [3.8, 4) is 0 Å². The van der Waals surface area contributed by atoms with Gasteiger partial charge in [0.15, 0.2) is 15.8 Å². The summed E-state index contributed by atoms with van der Waals surface area (Å²) in [5.41, 5.74) is 1.22. The van der Waals surface area contributed by atoms with Crippen LogP contribution in [0.5, 0.6) is 0 Å². The maximum absolute atomic E-state index is 13.7. The second-order valence-electron chi connectivity index (χ2n) is 7.97. The quantitative estimate of drug-likeness (QED) is 0.302. The van der Waals surface area contributed by atoms with Gasteiger partial charge in [0, 0.05) is 39.0 Å². The summed E-state index contributed by atoms with van der Waals surface area (Å²) >= 11 is 0. The van der Waals surface area contributed by atoms with Crippen molar-refractivity contribution >= 4 is 39.8 Å². The predicted molar refractivity (Wildman–Crippen MR) is 128 cm³/mol. The second kappa shape index (κ2) is 12.0. The van der Waals surface area contributed by atoms with Gasteiger partial charge in [-0.05, 0) is 48.6 Å². The van der Waals surface area contributed by atoms with E-state index >= 15 is 0 Å². The van der Waals surface area contributed by atoms with Crippen molar-refractivity contribution in [1.82, 2.24) is 15.5 Å². The van der Waals surface area contributed by atoms with Gasteiger partial charge in [-0.15, -0.1) is 24.0 Å². The fourth-order valence-electron chi connectivity index (χ4n) is 3.63. The van der Waals surface area contributed by atoms with E-state index in [4.69, 9.17) is 0 Å². The van der Waals surface area contributed by atoms with Gasteiger partial charge >= 0.3 is 0 Å². The molecule has 1 saturated heterocycles. The number of hydrogen-bond donors (Lipinski definition) is 2. The molecule has 1 atom stereocenters. The Labute approximate surface area is 191 Å². The minimum Gasteiger partial charge on any atom is -0.355 e. The molecule has 0 aromatic heterocycles. The van der Waals surface area contributed by atoms with Crippen LogP contribution in [-0.4, -0.2) is 58.3 Å². The van der Waals surface area contributed by atoms with Crippen molar-refractivity contribution in [3.05, 3.63) is 35.1 Å². The van der Waals surface area contributed by atoms with E-state index in [1.807, 2.05) is 0 Å². The summed E-state index contributed by atoms with van der Waals surface area (Å²) in [4.78, 5) is 6.76. The number of rotatable bonds is 8. The molecule has 166 valence electrons. The largest absolute Gasteiger partial charge is 0.355 e. The lowest BCUT2D eigenvalue weighted by molar-refractivity contribution is 0.226. The van der Waals surface area contributed by atoms with E-state index in [0.29, 0.717) is 35.6 Å². The van der Waals surface area contributed by atoms with Crippen LogP contribution in [0.2, 0.25) is 0 Å². The molecule has 0 unspecified atom stereocenters. The Morgan fingerprint density at radius 2 is 2.03 bits per heavy atom. The summed E-state index contributed by atoms with van der Waals surface area (Å²) < 4.78 is 36.9. The van der Waals surface area contributed by atoms with Crippen LogP contribution in [-0.2, 0) is 22.1 Å². The van der Waals surface area contributed by atoms with Crippen LogP contribution in [0.1, 0.15) is 37.8 Å². The normalized spacial score (nSPS) is 18.0. The van der Waals surface area contributed by atoms with E-state index in [-0.39, 0.29) is 35.5 Å². The van der Waals surface area contributed by atoms with E-state index in [9.17, 15) is 12.8 Å². The molecule has 0 aliphatic carbocycles. The molecular weight excluding hydrogens is 506 g/mol. The number of aliphatic imine (C=N–C) groups is 1. The first-order valence-corrected chi connectivity index (χ1v) is 11.9. The van der Waals surface area contributed by atoms with Gasteiger partial charge in [-0.25, -0.2) is 12.8 Å².